The molecule has 1 atom stereocenters. The van der Waals surface area contributed by atoms with E-state index in [4.69, 9.17) is 0 Å². The highest BCUT2D eigenvalue weighted by Crippen LogP contribution is 2.20. The minimum atomic E-state index is -0.238. The molecule has 0 spiro atoms. The summed E-state index contributed by atoms with van der Waals surface area (Å²) >= 11 is 0. The van der Waals surface area contributed by atoms with Gasteiger partial charge in [0, 0.05) is 18.6 Å². The van der Waals surface area contributed by atoms with E-state index in [2.05, 4.69) is 9.98 Å². The lowest BCUT2D eigenvalue weighted by Gasteiger charge is -2.22. The fourth-order valence-corrected chi connectivity index (χ4v) is 1.27. The quantitative estimate of drug-likeness (QED) is 0.671. The second-order valence-corrected chi connectivity index (χ2v) is 2.69. The average Bonchev–Trinajstić information content (AvgIpc) is 2.70. The van der Waals surface area contributed by atoms with Crippen LogP contribution in [0.1, 0.15) is 11.9 Å². The highest BCUT2D eigenvalue weighted by molar-refractivity contribution is 5.73. The van der Waals surface area contributed by atoms with Gasteiger partial charge in [0.25, 0.3) is 0 Å². The van der Waals surface area contributed by atoms with Crippen LogP contribution in [-0.4, -0.2) is 22.5 Å². The summed E-state index contributed by atoms with van der Waals surface area (Å²) < 4.78 is 0. The maximum atomic E-state index is 10.7. The van der Waals surface area contributed by atoms with Crippen LogP contribution in [0.2, 0.25) is 0 Å². The maximum Gasteiger partial charge on any atom is 0.215 e. The number of aromatic amines is 1. The predicted octanol–water partition coefficient (Wildman–Crippen LogP) is 1.07. The van der Waals surface area contributed by atoms with Gasteiger partial charge in [0.1, 0.15) is 0 Å². The van der Waals surface area contributed by atoms with Crippen LogP contribution in [0.4, 0.5) is 0 Å². The smallest absolute Gasteiger partial charge is 0.215 e. The third-order valence-electron chi connectivity index (χ3n) is 1.88. The van der Waals surface area contributed by atoms with Crippen LogP contribution >= 0.6 is 0 Å². The zero-order chi connectivity index (χ0) is 9.10. The summed E-state index contributed by atoms with van der Waals surface area (Å²) in [4.78, 5) is 19.4. The Labute approximate surface area is 75.6 Å². The van der Waals surface area contributed by atoms with Crippen molar-refractivity contribution in [2.45, 2.75) is 6.17 Å². The van der Waals surface area contributed by atoms with Crippen LogP contribution < -0.4 is 0 Å². The van der Waals surface area contributed by atoms with Gasteiger partial charge in [-0.05, 0) is 18.2 Å². The number of aliphatic imine (C=N–C) groups is 1. The Morgan fingerprint density at radius 2 is 2.54 bits per heavy atom. The van der Waals surface area contributed by atoms with E-state index >= 15 is 0 Å². The first-order chi connectivity index (χ1) is 6.42. The first-order valence-electron chi connectivity index (χ1n) is 3.98. The van der Waals surface area contributed by atoms with E-state index in [0.717, 1.165) is 12.1 Å². The van der Waals surface area contributed by atoms with Crippen LogP contribution in [0, 0.1) is 0 Å². The van der Waals surface area contributed by atoms with Crippen LogP contribution in [0.3, 0.4) is 0 Å². The average molecular weight is 175 g/mol. The minimum absolute atomic E-state index is 0.238. The Balaban J connectivity index is 2.28. The first kappa shape index (κ1) is 7.79. The SMILES string of the molecule is O=CN1C=CC=NC1c1ccc[nH]1. The second-order valence-electron chi connectivity index (χ2n) is 2.69. The largest absolute Gasteiger partial charge is 0.362 e. The lowest BCUT2D eigenvalue weighted by molar-refractivity contribution is -0.117. The molecule has 1 aromatic rings. The van der Waals surface area contributed by atoms with Gasteiger partial charge in [0.15, 0.2) is 6.17 Å². The summed E-state index contributed by atoms with van der Waals surface area (Å²) in [5.74, 6) is 0. The van der Waals surface area contributed by atoms with E-state index in [0.29, 0.717) is 0 Å². The van der Waals surface area contributed by atoms with Crippen molar-refractivity contribution in [3.8, 4) is 0 Å². The molecule has 0 aromatic carbocycles. The molecule has 0 fully saturated rings. The van der Waals surface area contributed by atoms with E-state index in [1.807, 2.05) is 18.3 Å². The van der Waals surface area contributed by atoms with Gasteiger partial charge in [-0.3, -0.25) is 14.7 Å². The van der Waals surface area contributed by atoms with Crippen molar-refractivity contribution in [2.75, 3.05) is 0 Å². The van der Waals surface area contributed by atoms with Gasteiger partial charge in [-0.25, -0.2) is 0 Å². The molecule has 0 bridgehead atoms. The molecule has 66 valence electrons. The highest BCUT2D eigenvalue weighted by atomic mass is 16.1. The number of hydrogen-bond donors (Lipinski definition) is 1. The monoisotopic (exact) mass is 175 g/mol. The second kappa shape index (κ2) is 3.26. The van der Waals surface area contributed by atoms with Gasteiger partial charge in [-0.2, -0.15) is 0 Å². The van der Waals surface area contributed by atoms with Crippen molar-refractivity contribution < 1.29 is 4.79 Å². The fourth-order valence-electron chi connectivity index (χ4n) is 1.27. The molecule has 4 heteroatoms. The number of H-pyrrole nitrogens is 1. The van der Waals surface area contributed by atoms with E-state index in [1.165, 1.54) is 4.90 Å². The number of hydrogen-bond acceptors (Lipinski definition) is 2. The molecule has 2 rings (SSSR count). The van der Waals surface area contributed by atoms with Crippen molar-refractivity contribution in [1.82, 2.24) is 9.88 Å². The van der Waals surface area contributed by atoms with Crippen molar-refractivity contribution in [2.24, 2.45) is 4.99 Å². The van der Waals surface area contributed by atoms with E-state index in [-0.39, 0.29) is 6.17 Å². The molecule has 0 aliphatic carbocycles. The van der Waals surface area contributed by atoms with Crippen molar-refractivity contribution in [3.63, 3.8) is 0 Å². The summed E-state index contributed by atoms with van der Waals surface area (Å²) in [6, 6.07) is 3.78. The van der Waals surface area contributed by atoms with Gasteiger partial charge >= 0.3 is 0 Å². The fraction of sp³-hybridized carbons (Fsp3) is 0.111. The molecule has 0 saturated heterocycles. The molecule has 1 N–H and O–H groups in total. The van der Waals surface area contributed by atoms with Gasteiger partial charge in [-0.1, -0.05) is 0 Å². The zero-order valence-electron chi connectivity index (χ0n) is 6.92. The highest BCUT2D eigenvalue weighted by Gasteiger charge is 2.17. The third kappa shape index (κ3) is 1.38. The van der Waals surface area contributed by atoms with E-state index < -0.39 is 0 Å². The molecular formula is C9H9N3O. The Hall–Kier alpha value is -1.84. The summed E-state index contributed by atoms with van der Waals surface area (Å²) in [6.45, 7) is 0. The number of nitrogens with zero attached hydrogens (tertiary/aromatic N) is 2. The molecule has 13 heavy (non-hydrogen) atoms. The van der Waals surface area contributed by atoms with Crippen molar-refractivity contribution in [1.29, 1.82) is 0 Å². The normalized spacial score (nSPS) is 20.6. The molecule has 1 amide bonds. The topological polar surface area (TPSA) is 48.5 Å². The number of amides is 1. The lowest BCUT2D eigenvalue weighted by Crippen LogP contribution is -2.22. The zero-order valence-corrected chi connectivity index (χ0v) is 6.92. The number of aromatic nitrogens is 1. The summed E-state index contributed by atoms with van der Waals surface area (Å²) in [5, 5.41) is 0. The molecule has 1 aliphatic rings. The first-order valence-corrected chi connectivity index (χ1v) is 3.98. The molecule has 0 radical (unpaired) electrons. The molecular weight excluding hydrogens is 166 g/mol. The van der Waals surface area contributed by atoms with E-state index in [1.54, 1.807) is 18.5 Å². The molecule has 1 aromatic heterocycles. The molecule has 1 unspecified atom stereocenters. The van der Waals surface area contributed by atoms with Gasteiger partial charge in [-0.15, -0.1) is 0 Å². The summed E-state index contributed by atoms with van der Waals surface area (Å²) in [6.07, 6.45) is 7.45. The minimum Gasteiger partial charge on any atom is -0.362 e. The Morgan fingerprint density at radius 3 is 3.23 bits per heavy atom. The maximum absolute atomic E-state index is 10.7. The van der Waals surface area contributed by atoms with Crippen molar-refractivity contribution in [3.05, 3.63) is 36.3 Å². The number of nitrogens with one attached hydrogen (secondary N) is 1. The Bertz CT molecular complexity index is 340. The van der Waals surface area contributed by atoms with Crippen LogP contribution in [0.25, 0.3) is 0 Å². The molecule has 1 aliphatic heterocycles. The van der Waals surface area contributed by atoms with Gasteiger partial charge < -0.3 is 4.98 Å². The van der Waals surface area contributed by atoms with Gasteiger partial charge in [0.05, 0.1) is 5.69 Å². The number of carbonyl (C=O) groups is 1. The Kier molecular flexibility index (Phi) is 1.96. The Morgan fingerprint density at radius 1 is 1.62 bits per heavy atom. The number of rotatable bonds is 2. The predicted molar refractivity (Wildman–Crippen MR) is 49.1 cm³/mol. The lowest BCUT2D eigenvalue weighted by atomic mass is 10.3. The third-order valence-corrected chi connectivity index (χ3v) is 1.88. The molecule has 4 nitrogen and oxygen atoms in total. The molecule has 0 saturated carbocycles. The summed E-state index contributed by atoms with van der Waals surface area (Å²) in [7, 11) is 0. The van der Waals surface area contributed by atoms with Crippen molar-refractivity contribution >= 4 is 12.6 Å². The number of carbonyl (C=O) groups excluding carboxylic acids is 1. The van der Waals surface area contributed by atoms with E-state index in [9.17, 15) is 4.79 Å². The van der Waals surface area contributed by atoms with Crippen LogP contribution in [0.15, 0.2) is 35.6 Å². The number of allylic oxidation sites excluding steroid dienone is 1. The van der Waals surface area contributed by atoms with Crippen LogP contribution in [0.5, 0.6) is 0 Å². The molecule has 2 heterocycles. The van der Waals surface area contributed by atoms with Crippen LogP contribution in [-0.2, 0) is 4.79 Å². The summed E-state index contributed by atoms with van der Waals surface area (Å²) in [5.41, 5.74) is 0.910. The standard InChI is InChI=1S/C9H9N3O/c13-7-12-6-2-5-11-9(12)8-3-1-4-10-8/h1-7,9-10H. The van der Waals surface area contributed by atoms with Gasteiger partial charge in [0.2, 0.25) is 6.41 Å².